The summed E-state index contributed by atoms with van der Waals surface area (Å²) in [5.41, 5.74) is 17.4. The summed E-state index contributed by atoms with van der Waals surface area (Å²) in [6.07, 6.45) is 2.17. The van der Waals surface area contributed by atoms with E-state index >= 15 is 0 Å². The van der Waals surface area contributed by atoms with Crippen LogP contribution in [0, 0.1) is 6.92 Å². The summed E-state index contributed by atoms with van der Waals surface area (Å²) in [7, 11) is 1.70. The Morgan fingerprint density at radius 3 is 2.21 bits per heavy atom. The standard InChI is InChI=1S/C34H35N3O5/c1-22-11-18-30(31(20-22)42-19-7-3-4-10-32(38)39)37(2)34(41)28-9-6-5-8-26(28)24-14-17-27(29(21-24)33(36)40)23-12-15-25(35)16-13-23/h5-6,8-9,11-18,20-21H,3-4,7,10,19,35H2,1-2H3,(H2,36,40)(H,38,39). The number of hydrogen-bond acceptors (Lipinski definition) is 5. The fourth-order valence-electron chi connectivity index (χ4n) is 4.79. The maximum Gasteiger partial charge on any atom is 0.303 e. The highest BCUT2D eigenvalue weighted by Crippen LogP contribution is 2.34. The van der Waals surface area contributed by atoms with Gasteiger partial charge in [0, 0.05) is 30.3 Å². The average Bonchev–Trinajstić information content (AvgIpc) is 2.98. The van der Waals surface area contributed by atoms with Crippen molar-refractivity contribution in [3.8, 4) is 28.0 Å². The molecule has 0 saturated carbocycles. The van der Waals surface area contributed by atoms with Crippen molar-refractivity contribution < 1.29 is 24.2 Å². The van der Waals surface area contributed by atoms with Gasteiger partial charge in [-0.15, -0.1) is 0 Å². The van der Waals surface area contributed by atoms with E-state index in [-0.39, 0.29) is 12.3 Å². The van der Waals surface area contributed by atoms with Crippen LogP contribution < -0.4 is 21.1 Å². The lowest BCUT2D eigenvalue weighted by molar-refractivity contribution is -0.137. The zero-order valence-corrected chi connectivity index (χ0v) is 23.8. The number of primary amides is 1. The summed E-state index contributed by atoms with van der Waals surface area (Å²) in [5.74, 6) is -1.05. The zero-order chi connectivity index (χ0) is 30.2. The number of nitrogen functional groups attached to an aromatic ring is 1. The number of aliphatic carboxylic acids is 1. The first-order valence-electron chi connectivity index (χ1n) is 13.8. The van der Waals surface area contributed by atoms with Crippen LogP contribution in [-0.2, 0) is 4.79 Å². The Balaban J connectivity index is 1.61. The second-order valence-corrected chi connectivity index (χ2v) is 10.2. The van der Waals surface area contributed by atoms with Crippen molar-refractivity contribution in [3.05, 3.63) is 102 Å². The van der Waals surface area contributed by atoms with Crippen molar-refractivity contribution in [3.63, 3.8) is 0 Å². The van der Waals surface area contributed by atoms with Crippen LogP contribution in [0.2, 0.25) is 0 Å². The largest absolute Gasteiger partial charge is 0.491 e. The molecule has 0 radical (unpaired) electrons. The highest BCUT2D eigenvalue weighted by molar-refractivity contribution is 6.11. The zero-order valence-electron chi connectivity index (χ0n) is 23.8. The number of rotatable bonds is 12. The predicted octanol–water partition coefficient (Wildman–Crippen LogP) is 6.31. The molecule has 2 amide bonds. The Kier molecular flexibility index (Phi) is 9.60. The minimum absolute atomic E-state index is 0.136. The van der Waals surface area contributed by atoms with Crippen LogP contribution in [0.25, 0.3) is 22.3 Å². The van der Waals surface area contributed by atoms with Gasteiger partial charge >= 0.3 is 5.97 Å². The van der Waals surface area contributed by atoms with Gasteiger partial charge in [0.25, 0.3) is 5.91 Å². The van der Waals surface area contributed by atoms with Crippen molar-refractivity contribution in [2.45, 2.75) is 32.6 Å². The van der Waals surface area contributed by atoms with E-state index in [1.165, 1.54) is 0 Å². The van der Waals surface area contributed by atoms with Crippen molar-refractivity contribution in [2.75, 3.05) is 24.3 Å². The molecule has 8 heteroatoms. The molecular formula is C34H35N3O5. The minimum Gasteiger partial charge on any atom is -0.491 e. The molecule has 42 heavy (non-hydrogen) atoms. The first kappa shape index (κ1) is 29.9. The maximum absolute atomic E-state index is 13.9. The topological polar surface area (TPSA) is 136 Å². The van der Waals surface area contributed by atoms with Gasteiger partial charge in [-0.1, -0.05) is 48.5 Å². The van der Waals surface area contributed by atoms with Crippen molar-refractivity contribution >= 4 is 29.2 Å². The molecule has 8 nitrogen and oxygen atoms in total. The number of ether oxygens (including phenoxy) is 1. The van der Waals surface area contributed by atoms with Crippen molar-refractivity contribution in [1.29, 1.82) is 0 Å². The van der Waals surface area contributed by atoms with E-state index in [1.54, 1.807) is 42.3 Å². The number of carbonyl (C=O) groups is 3. The first-order valence-corrected chi connectivity index (χ1v) is 13.8. The normalized spacial score (nSPS) is 10.7. The van der Waals surface area contributed by atoms with Gasteiger partial charge in [0.05, 0.1) is 12.3 Å². The van der Waals surface area contributed by atoms with E-state index in [1.807, 2.05) is 61.5 Å². The van der Waals surface area contributed by atoms with Gasteiger partial charge in [-0.3, -0.25) is 14.4 Å². The number of unbranched alkanes of at least 4 members (excludes halogenated alkanes) is 2. The Hall–Kier alpha value is -5.11. The quantitative estimate of drug-likeness (QED) is 0.136. The maximum atomic E-state index is 13.9. The van der Waals surface area contributed by atoms with Gasteiger partial charge < -0.3 is 26.2 Å². The molecule has 4 aromatic rings. The van der Waals surface area contributed by atoms with Crippen LogP contribution >= 0.6 is 0 Å². The lowest BCUT2D eigenvalue weighted by atomic mass is 9.92. The molecule has 0 aliphatic carbocycles. The summed E-state index contributed by atoms with van der Waals surface area (Å²) >= 11 is 0. The number of hydrogen-bond donors (Lipinski definition) is 3. The van der Waals surface area contributed by atoms with E-state index < -0.39 is 11.9 Å². The molecular weight excluding hydrogens is 530 g/mol. The van der Waals surface area contributed by atoms with Crippen molar-refractivity contribution in [1.82, 2.24) is 0 Å². The third-order valence-electron chi connectivity index (χ3n) is 7.05. The van der Waals surface area contributed by atoms with E-state index in [2.05, 4.69) is 0 Å². The lowest BCUT2D eigenvalue weighted by Crippen LogP contribution is -2.27. The highest BCUT2D eigenvalue weighted by Gasteiger charge is 2.22. The average molecular weight is 566 g/mol. The highest BCUT2D eigenvalue weighted by atomic mass is 16.5. The molecule has 0 aromatic heterocycles. The molecule has 0 fully saturated rings. The number of carbonyl (C=O) groups excluding carboxylic acids is 2. The molecule has 0 saturated heterocycles. The van der Waals surface area contributed by atoms with Gasteiger partial charge in [0.15, 0.2) is 0 Å². The third kappa shape index (κ3) is 7.14. The van der Waals surface area contributed by atoms with Gasteiger partial charge in [-0.25, -0.2) is 0 Å². The Bertz CT molecular complexity index is 1600. The molecule has 0 heterocycles. The fourth-order valence-corrected chi connectivity index (χ4v) is 4.79. The predicted molar refractivity (Wildman–Crippen MR) is 166 cm³/mol. The van der Waals surface area contributed by atoms with Crippen LogP contribution in [-0.4, -0.2) is 36.5 Å². The van der Waals surface area contributed by atoms with Gasteiger partial charge in [0.2, 0.25) is 5.91 Å². The van der Waals surface area contributed by atoms with Crippen molar-refractivity contribution in [2.24, 2.45) is 5.73 Å². The second kappa shape index (κ2) is 13.5. The number of nitrogens with two attached hydrogens (primary N) is 2. The lowest BCUT2D eigenvalue weighted by Gasteiger charge is -2.23. The number of benzene rings is 4. The second-order valence-electron chi connectivity index (χ2n) is 10.2. The number of nitrogens with zero attached hydrogens (tertiary/aromatic N) is 1. The van der Waals surface area contributed by atoms with E-state index in [4.69, 9.17) is 21.3 Å². The molecule has 216 valence electrons. The fraction of sp³-hybridized carbons (Fsp3) is 0.206. The van der Waals surface area contributed by atoms with E-state index in [0.717, 1.165) is 17.5 Å². The summed E-state index contributed by atoms with van der Waals surface area (Å²) in [4.78, 5) is 38.7. The Morgan fingerprint density at radius 2 is 1.50 bits per heavy atom. The SMILES string of the molecule is Cc1ccc(N(C)C(=O)c2ccccc2-c2ccc(-c3ccc(N)cc3)c(C(N)=O)c2)c(OCCCCCC(=O)O)c1. The molecule has 4 aromatic carbocycles. The van der Waals surface area contributed by atoms with Crippen LogP contribution in [0.15, 0.2) is 84.9 Å². The van der Waals surface area contributed by atoms with Crippen LogP contribution in [0.4, 0.5) is 11.4 Å². The molecule has 0 spiro atoms. The number of amides is 2. The molecule has 0 aliphatic heterocycles. The van der Waals surface area contributed by atoms with Crippen LogP contribution in [0.5, 0.6) is 5.75 Å². The summed E-state index contributed by atoms with van der Waals surface area (Å²) < 4.78 is 6.05. The number of anilines is 2. The molecule has 0 unspecified atom stereocenters. The number of carboxylic acids is 1. The third-order valence-corrected chi connectivity index (χ3v) is 7.05. The van der Waals surface area contributed by atoms with Gasteiger partial charge in [0.1, 0.15) is 5.75 Å². The Labute approximate surface area is 245 Å². The monoisotopic (exact) mass is 565 g/mol. The molecule has 0 bridgehead atoms. The minimum atomic E-state index is -0.805. The first-order chi connectivity index (χ1) is 20.2. The van der Waals surface area contributed by atoms with E-state index in [0.29, 0.717) is 64.4 Å². The molecule has 0 aliphatic rings. The Morgan fingerprint density at radius 1 is 0.810 bits per heavy atom. The summed E-state index contributed by atoms with van der Waals surface area (Å²) in [6.45, 7) is 2.36. The van der Waals surface area contributed by atoms with Gasteiger partial charge in [-0.05, 0) is 90.4 Å². The molecule has 5 N–H and O–H groups in total. The van der Waals surface area contributed by atoms with E-state index in [9.17, 15) is 14.4 Å². The number of aryl methyl sites for hydroxylation is 1. The number of carboxylic acid groups (broad SMARTS) is 1. The molecule has 4 rings (SSSR count). The smallest absolute Gasteiger partial charge is 0.303 e. The summed E-state index contributed by atoms with van der Waals surface area (Å²) in [5, 5.41) is 8.83. The molecule has 0 atom stereocenters. The van der Waals surface area contributed by atoms with Crippen LogP contribution in [0.3, 0.4) is 0 Å². The summed E-state index contributed by atoms with van der Waals surface area (Å²) in [6, 6.07) is 25.5. The van der Waals surface area contributed by atoms with Gasteiger partial charge in [-0.2, -0.15) is 0 Å². The van der Waals surface area contributed by atoms with Crippen LogP contribution in [0.1, 0.15) is 52.0 Å².